The maximum Gasteiger partial charge on any atom is 0.159 e. The van der Waals surface area contributed by atoms with Crippen molar-refractivity contribution in [1.29, 1.82) is 5.26 Å². The van der Waals surface area contributed by atoms with Crippen LogP contribution in [0.5, 0.6) is 0 Å². The van der Waals surface area contributed by atoms with Crippen LogP contribution < -0.4 is 4.90 Å². The number of hydrogen-bond donors (Lipinski definition) is 1. The van der Waals surface area contributed by atoms with E-state index in [9.17, 15) is 9.90 Å². The number of benzene rings is 1. The first-order chi connectivity index (χ1) is 8.11. The van der Waals surface area contributed by atoms with E-state index in [2.05, 4.69) is 6.07 Å². The third kappa shape index (κ3) is 2.29. The van der Waals surface area contributed by atoms with Crippen LogP contribution in [-0.4, -0.2) is 30.1 Å². The molecule has 0 amide bonds. The molecule has 0 aliphatic carbocycles. The number of carbonyl (C=O) groups excluding carboxylic acids is 1. The van der Waals surface area contributed by atoms with Crippen LogP contribution in [0.2, 0.25) is 0 Å². The fourth-order valence-corrected chi connectivity index (χ4v) is 2.07. The lowest BCUT2D eigenvalue weighted by molar-refractivity contribution is 0.101. The van der Waals surface area contributed by atoms with Crippen LogP contribution in [0.1, 0.15) is 29.3 Å². The van der Waals surface area contributed by atoms with Crippen molar-refractivity contribution in [1.82, 2.24) is 0 Å². The molecule has 17 heavy (non-hydrogen) atoms. The molecule has 1 heterocycles. The summed E-state index contributed by atoms with van der Waals surface area (Å²) >= 11 is 0. The summed E-state index contributed by atoms with van der Waals surface area (Å²) in [5.74, 6) is -0.0181. The highest BCUT2D eigenvalue weighted by Gasteiger charge is 2.22. The summed E-state index contributed by atoms with van der Waals surface area (Å²) in [5, 5.41) is 18.6. The van der Waals surface area contributed by atoms with Crippen molar-refractivity contribution in [2.75, 3.05) is 18.0 Å². The summed E-state index contributed by atoms with van der Waals surface area (Å²) in [4.78, 5) is 13.3. The molecule has 1 aromatic carbocycles. The molecule has 1 N–H and O–H groups in total. The molecule has 1 aliphatic heterocycles. The van der Waals surface area contributed by atoms with E-state index in [1.165, 1.54) is 6.92 Å². The molecule has 1 fully saturated rings. The molecule has 4 heteroatoms. The molecule has 0 bridgehead atoms. The van der Waals surface area contributed by atoms with Gasteiger partial charge in [0.05, 0.1) is 17.4 Å². The molecule has 1 aliphatic rings. The molecule has 1 atom stereocenters. The Hall–Kier alpha value is -1.86. The van der Waals surface area contributed by atoms with E-state index in [1.807, 2.05) is 4.90 Å². The van der Waals surface area contributed by atoms with Crippen LogP contribution in [0, 0.1) is 11.3 Å². The Morgan fingerprint density at radius 1 is 1.59 bits per heavy atom. The Morgan fingerprint density at radius 2 is 2.35 bits per heavy atom. The maximum absolute atomic E-state index is 11.3. The number of carbonyl (C=O) groups is 1. The first kappa shape index (κ1) is 11.6. The van der Waals surface area contributed by atoms with Crippen molar-refractivity contribution in [3.8, 4) is 6.07 Å². The third-order valence-corrected chi connectivity index (χ3v) is 3.03. The smallest absolute Gasteiger partial charge is 0.159 e. The van der Waals surface area contributed by atoms with Gasteiger partial charge in [0.15, 0.2) is 5.78 Å². The van der Waals surface area contributed by atoms with E-state index in [-0.39, 0.29) is 11.9 Å². The average Bonchev–Trinajstić information content (AvgIpc) is 2.74. The SMILES string of the molecule is CC(=O)c1ccc(C#N)c(N2CC[C@H](O)C2)c1. The lowest BCUT2D eigenvalue weighted by Crippen LogP contribution is -2.22. The monoisotopic (exact) mass is 230 g/mol. The number of nitrogens with zero attached hydrogens (tertiary/aromatic N) is 2. The molecular weight excluding hydrogens is 216 g/mol. The van der Waals surface area contributed by atoms with Gasteiger partial charge in [0.1, 0.15) is 6.07 Å². The Kier molecular flexibility index (Phi) is 3.12. The zero-order valence-electron chi connectivity index (χ0n) is 9.68. The minimum Gasteiger partial charge on any atom is -0.391 e. The Balaban J connectivity index is 2.40. The lowest BCUT2D eigenvalue weighted by Gasteiger charge is -2.19. The minimum absolute atomic E-state index is 0.0181. The second kappa shape index (κ2) is 4.56. The predicted molar refractivity (Wildman–Crippen MR) is 64.0 cm³/mol. The number of hydrogen-bond acceptors (Lipinski definition) is 4. The van der Waals surface area contributed by atoms with Gasteiger partial charge in [-0.1, -0.05) is 0 Å². The zero-order chi connectivity index (χ0) is 12.4. The molecule has 1 aromatic rings. The number of β-amino-alcohol motifs (C(OH)–C–C–N with tert-alkyl or cyclic N) is 1. The van der Waals surface area contributed by atoms with Gasteiger partial charge < -0.3 is 10.0 Å². The second-order valence-corrected chi connectivity index (χ2v) is 4.29. The summed E-state index contributed by atoms with van der Waals surface area (Å²) in [6.07, 6.45) is 0.359. The first-order valence-corrected chi connectivity index (χ1v) is 5.60. The van der Waals surface area contributed by atoms with Crippen molar-refractivity contribution in [2.45, 2.75) is 19.4 Å². The minimum atomic E-state index is -0.345. The summed E-state index contributed by atoms with van der Waals surface area (Å²) in [5.41, 5.74) is 1.89. The van der Waals surface area contributed by atoms with Crippen LogP contribution >= 0.6 is 0 Å². The first-order valence-electron chi connectivity index (χ1n) is 5.60. The molecule has 0 saturated carbocycles. The normalized spacial score (nSPS) is 19.1. The lowest BCUT2D eigenvalue weighted by atomic mass is 10.1. The molecule has 1 saturated heterocycles. The topological polar surface area (TPSA) is 64.3 Å². The van der Waals surface area contributed by atoms with E-state index >= 15 is 0 Å². The standard InChI is InChI=1S/C13H14N2O2/c1-9(16)10-2-3-11(7-14)13(6-10)15-5-4-12(17)8-15/h2-3,6,12,17H,4-5,8H2,1H3/t12-/m0/s1. The van der Waals surface area contributed by atoms with Crippen LogP contribution in [-0.2, 0) is 0 Å². The molecule has 0 spiro atoms. The number of rotatable bonds is 2. The van der Waals surface area contributed by atoms with Gasteiger partial charge in [0, 0.05) is 18.7 Å². The van der Waals surface area contributed by atoms with Gasteiger partial charge in [0.2, 0.25) is 0 Å². The second-order valence-electron chi connectivity index (χ2n) is 4.29. The number of anilines is 1. The Labute approximate surface area is 100 Å². The molecule has 2 rings (SSSR count). The van der Waals surface area contributed by atoms with Gasteiger partial charge in [-0.25, -0.2) is 0 Å². The van der Waals surface area contributed by atoms with E-state index in [1.54, 1.807) is 18.2 Å². The Morgan fingerprint density at radius 3 is 2.88 bits per heavy atom. The van der Waals surface area contributed by atoms with E-state index < -0.39 is 0 Å². The van der Waals surface area contributed by atoms with Crippen molar-refractivity contribution < 1.29 is 9.90 Å². The fraction of sp³-hybridized carbons (Fsp3) is 0.385. The average molecular weight is 230 g/mol. The summed E-state index contributed by atoms with van der Waals surface area (Å²) in [7, 11) is 0. The third-order valence-electron chi connectivity index (χ3n) is 3.03. The van der Waals surface area contributed by atoms with E-state index in [0.717, 1.165) is 12.2 Å². The molecule has 88 valence electrons. The number of nitriles is 1. The van der Waals surface area contributed by atoms with Gasteiger partial charge in [0.25, 0.3) is 0 Å². The van der Waals surface area contributed by atoms with Crippen molar-refractivity contribution in [2.24, 2.45) is 0 Å². The van der Waals surface area contributed by atoms with Crippen LogP contribution in [0.4, 0.5) is 5.69 Å². The van der Waals surface area contributed by atoms with Gasteiger partial charge in [-0.05, 0) is 31.5 Å². The van der Waals surface area contributed by atoms with Gasteiger partial charge in [-0.2, -0.15) is 5.26 Å². The highest BCUT2D eigenvalue weighted by Crippen LogP contribution is 2.25. The molecule has 0 aromatic heterocycles. The predicted octanol–water partition coefficient (Wildman–Crippen LogP) is 1.33. The van der Waals surface area contributed by atoms with Crippen molar-refractivity contribution in [3.63, 3.8) is 0 Å². The van der Waals surface area contributed by atoms with Crippen LogP contribution in [0.25, 0.3) is 0 Å². The molecule has 0 unspecified atom stereocenters. The van der Waals surface area contributed by atoms with Crippen molar-refractivity contribution in [3.05, 3.63) is 29.3 Å². The highest BCUT2D eigenvalue weighted by atomic mass is 16.3. The van der Waals surface area contributed by atoms with Gasteiger partial charge in [-0.15, -0.1) is 0 Å². The summed E-state index contributed by atoms with van der Waals surface area (Å²) in [6, 6.07) is 7.18. The number of aliphatic hydroxyl groups is 1. The fourth-order valence-electron chi connectivity index (χ4n) is 2.07. The maximum atomic E-state index is 11.3. The molecule has 0 radical (unpaired) electrons. The number of aliphatic hydroxyl groups excluding tert-OH is 1. The number of Topliss-reactive ketones (excluding diaryl/α,β-unsaturated/α-hetero) is 1. The largest absolute Gasteiger partial charge is 0.391 e. The van der Waals surface area contributed by atoms with Crippen LogP contribution in [0.15, 0.2) is 18.2 Å². The quantitative estimate of drug-likeness (QED) is 0.778. The van der Waals surface area contributed by atoms with Gasteiger partial charge >= 0.3 is 0 Å². The van der Waals surface area contributed by atoms with E-state index in [4.69, 9.17) is 5.26 Å². The van der Waals surface area contributed by atoms with E-state index in [0.29, 0.717) is 24.1 Å². The highest BCUT2D eigenvalue weighted by molar-refractivity contribution is 5.95. The molecular formula is C13H14N2O2. The Bertz CT molecular complexity index is 491. The summed E-state index contributed by atoms with van der Waals surface area (Å²) in [6.45, 7) is 2.75. The van der Waals surface area contributed by atoms with Crippen molar-refractivity contribution >= 4 is 11.5 Å². The summed E-state index contributed by atoms with van der Waals surface area (Å²) < 4.78 is 0. The molecule has 4 nitrogen and oxygen atoms in total. The number of ketones is 1. The van der Waals surface area contributed by atoms with Gasteiger partial charge in [-0.3, -0.25) is 4.79 Å². The zero-order valence-corrected chi connectivity index (χ0v) is 9.68. The van der Waals surface area contributed by atoms with Crippen LogP contribution in [0.3, 0.4) is 0 Å².